The lowest BCUT2D eigenvalue weighted by atomic mass is 10.0. The molecule has 0 aromatic rings. The molecule has 0 aromatic heterocycles. The predicted molar refractivity (Wildman–Crippen MR) is 173 cm³/mol. The number of imide groups is 1. The molecule has 0 saturated heterocycles. The van der Waals surface area contributed by atoms with Gasteiger partial charge in [0.25, 0.3) is 0 Å². The van der Waals surface area contributed by atoms with Crippen LogP contribution in [0.4, 0.5) is 0 Å². The average molecular weight is 566 g/mol. The van der Waals surface area contributed by atoms with Gasteiger partial charge in [0.2, 0.25) is 11.8 Å². The van der Waals surface area contributed by atoms with Gasteiger partial charge in [-0.2, -0.15) is 0 Å². The van der Waals surface area contributed by atoms with E-state index >= 15 is 0 Å². The van der Waals surface area contributed by atoms with Gasteiger partial charge in [-0.3, -0.25) is 14.5 Å². The lowest BCUT2D eigenvalue weighted by molar-refractivity contribution is -0.170. The smallest absolute Gasteiger partial charge is 0.231 e. The molecule has 0 aliphatic rings. The van der Waals surface area contributed by atoms with E-state index in [2.05, 4.69) is 13.8 Å². The van der Waals surface area contributed by atoms with Crippen molar-refractivity contribution in [3.8, 4) is 0 Å². The Labute approximate surface area is 250 Å². The van der Waals surface area contributed by atoms with Gasteiger partial charge in [0, 0.05) is 12.8 Å². The Morgan fingerprint density at radius 2 is 0.675 bits per heavy atom. The monoisotopic (exact) mass is 566 g/mol. The van der Waals surface area contributed by atoms with Crippen LogP contribution in [-0.4, -0.2) is 27.5 Å². The normalized spacial score (nSPS) is 12.9. The minimum absolute atomic E-state index is 0.199. The van der Waals surface area contributed by atoms with Crippen molar-refractivity contribution in [2.45, 2.75) is 220 Å². The second kappa shape index (κ2) is 28.2. The Balaban J connectivity index is 3.97. The molecular weight excluding hydrogens is 494 g/mol. The van der Waals surface area contributed by atoms with Crippen LogP contribution in [-0.2, 0) is 9.59 Å². The average Bonchev–Trinajstić information content (AvgIpc) is 2.93. The maximum Gasteiger partial charge on any atom is 0.231 e. The third-order valence-corrected chi connectivity index (χ3v) is 8.64. The summed E-state index contributed by atoms with van der Waals surface area (Å²) in [5, 5.41) is 10.8. The molecule has 1 unspecified atom stereocenters. The first-order chi connectivity index (χ1) is 19.4. The maximum atomic E-state index is 13.0. The Morgan fingerprint density at radius 3 is 0.900 bits per heavy atom. The predicted octanol–water partition coefficient (Wildman–Crippen LogP) is 11.4. The van der Waals surface area contributed by atoms with E-state index in [1.807, 2.05) is 6.92 Å². The van der Waals surface area contributed by atoms with Crippen LogP contribution in [0.25, 0.3) is 0 Å². The number of amides is 2. The number of aliphatic hydroxyl groups is 1. The summed E-state index contributed by atoms with van der Waals surface area (Å²) in [4.78, 5) is 27.1. The summed E-state index contributed by atoms with van der Waals surface area (Å²) in [6, 6.07) is 0. The lowest BCUT2D eigenvalue weighted by Crippen LogP contribution is -2.52. The summed E-state index contributed by atoms with van der Waals surface area (Å²) in [7, 11) is 0. The fraction of sp³-hybridized carbons (Fsp3) is 0.944. The van der Waals surface area contributed by atoms with Crippen molar-refractivity contribution < 1.29 is 14.7 Å². The highest BCUT2D eigenvalue weighted by atomic mass is 16.3. The van der Waals surface area contributed by atoms with Gasteiger partial charge in [-0.15, -0.1) is 0 Å². The van der Waals surface area contributed by atoms with Crippen molar-refractivity contribution in [3.05, 3.63) is 0 Å². The van der Waals surface area contributed by atoms with Crippen molar-refractivity contribution in [1.82, 2.24) is 4.90 Å². The van der Waals surface area contributed by atoms with E-state index in [4.69, 9.17) is 0 Å². The standard InChI is InChI=1S/C36H71NO3/c1-5-8-10-12-14-16-18-20-22-24-26-28-30-32-34(38)37(36(4,40)7-3)35(39)33-31-29-27-25-23-21-19-17-15-13-11-9-6-2/h40H,5-33H2,1-4H3. The van der Waals surface area contributed by atoms with E-state index < -0.39 is 5.72 Å². The first-order valence-electron chi connectivity index (χ1n) is 18.0. The molecule has 2 amide bonds. The highest BCUT2D eigenvalue weighted by Crippen LogP contribution is 2.22. The van der Waals surface area contributed by atoms with Crippen LogP contribution in [0.15, 0.2) is 0 Å². The van der Waals surface area contributed by atoms with Gasteiger partial charge in [0.05, 0.1) is 0 Å². The van der Waals surface area contributed by atoms with Crippen LogP contribution >= 0.6 is 0 Å². The number of carbonyl (C=O) groups excluding carboxylic acids is 2. The molecule has 4 nitrogen and oxygen atoms in total. The largest absolute Gasteiger partial charge is 0.371 e. The van der Waals surface area contributed by atoms with E-state index in [1.54, 1.807) is 6.92 Å². The van der Waals surface area contributed by atoms with Crippen LogP contribution in [0, 0.1) is 0 Å². The van der Waals surface area contributed by atoms with Crippen LogP contribution in [0.1, 0.15) is 214 Å². The van der Waals surface area contributed by atoms with Gasteiger partial charge < -0.3 is 5.11 Å². The summed E-state index contributed by atoms with van der Waals surface area (Å²) >= 11 is 0. The van der Waals surface area contributed by atoms with E-state index in [1.165, 1.54) is 133 Å². The number of hydrogen-bond donors (Lipinski definition) is 1. The fourth-order valence-corrected chi connectivity index (χ4v) is 5.65. The molecular formula is C36H71NO3. The number of rotatable bonds is 30. The third-order valence-electron chi connectivity index (χ3n) is 8.64. The first-order valence-corrected chi connectivity index (χ1v) is 18.0. The zero-order valence-corrected chi connectivity index (χ0v) is 27.7. The van der Waals surface area contributed by atoms with Gasteiger partial charge in [0.15, 0.2) is 0 Å². The van der Waals surface area contributed by atoms with E-state index in [9.17, 15) is 14.7 Å². The van der Waals surface area contributed by atoms with E-state index in [0.717, 1.165) is 38.5 Å². The molecule has 0 aliphatic carbocycles. The molecule has 0 spiro atoms. The Hall–Kier alpha value is -0.900. The van der Waals surface area contributed by atoms with Crippen LogP contribution < -0.4 is 0 Å². The van der Waals surface area contributed by atoms with Crippen molar-refractivity contribution in [3.63, 3.8) is 0 Å². The summed E-state index contributed by atoms with van der Waals surface area (Å²) in [6.07, 6.45) is 33.9. The molecule has 0 saturated carbocycles. The van der Waals surface area contributed by atoms with Crippen LogP contribution in [0.5, 0.6) is 0 Å². The molecule has 0 heterocycles. The molecule has 0 radical (unpaired) electrons. The Kier molecular flexibility index (Phi) is 27.6. The lowest BCUT2D eigenvalue weighted by Gasteiger charge is -2.35. The van der Waals surface area contributed by atoms with Gasteiger partial charge in [-0.05, 0) is 26.2 Å². The minimum Gasteiger partial charge on any atom is -0.371 e. The number of hydrogen-bond acceptors (Lipinski definition) is 3. The Morgan fingerprint density at radius 1 is 0.450 bits per heavy atom. The molecule has 0 aromatic carbocycles. The minimum atomic E-state index is -1.39. The molecule has 0 rings (SSSR count). The fourth-order valence-electron chi connectivity index (χ4n) is 5.65. The topological polar surface area (TPSA) is 57.6 Å². The first kappa shape index (κ1) is 39.1. The molecule has 238 valence electrons. The summed E-state index contributed by atoms with van der Waals surface area (Å²) in [5.41, 5.74) is -1.39. The number of nitrogens with zero attached hydrogens (tertiary/aromatic N) is 1. The van der Waals surface area contributed by atoms with Gasteiger partial charge in [0.1, 0.15) is 5.72 Å². The molecule has 1 N–H and O–H groups in total. The SMILES string of the molecule is CCCCCCCCCCCCCCCC(=O)N(C(=O)CCCCCCCCCCCCCCC)C(C)(O)CC. The van der Waals surface area contributed by atoms with Crippen molar-refractivity contribution in [1.29, 1.82) is 0 Å². The van der Waals surface area contributed by atoms with Crippen LogP contribution in [0.3, 0.4) is 0 Å². The highest BCUT2D eigenvalue weighted by molar-refractivity contribution is 5.96. The van der Waals surface area contributed by atoms with Crippen molar-refractivity contribution in [2.75, 3.05) is 0 Å². The maximum absolute atomic E-state index is 13.0. The second-order valence-corrected chi connectivity index (χ2v) is 12.7. The van der Waals surface area contributed by atoms with E-state index in [-0.39, 0.29) is 11.8 Å². The molecule has 0 aliphatic heterocycles. The van der Waals surface area contributed by atoms with Crippen molar-refractivity contribution in [2.24, 2.45) is 0 Å². The van der Waals surface area contributed by atoms with Gasteiger partial charge in [-0.25, -0.2) is 0 Å². The quantitative estimate of drug-likeness (QED) is 0.0696. The zero-order valence-electron chi connectivity index (χ0n) is 27.7. The molecule has 0 bridgehead atoms. The van der Waals surface area contributed by atoms with Gasteiger partial charge >= 0.3 is 0 Å². The van der Waals surface area contributed by atoms with Crippen molar-refractivity contribution >= 4 is 11.8 Å². The summed E-state index contributed by atoms with van der Waals surface area (Å²) < 4.78 is 0. The highest BCUT2D eigenvalue weighted by Gasteiger charge is 2.35. The Bertz CT molecular complexity index is 532. The molecule has 0 fully saturated rings. The van der Waals surface area contributed by atoms with E-state index in [0.29, 0.717) is 19.3 Å². The van der Waals surface area contributed by atoms with Crippen LogP contribution in [0.2, 0.25) is 0 Å². The number of unbranched alkanes of at least 4 members (excludes halogenated alkanes) is 24. The summed E-state index contributed by atoms with van der Waals surface area (Å²) in [6.45, 7) is 7.98. The summed E-state index contributed by atoms with van der Waals surface area (Å²) in [5.74, 6) is -0.399. The molecule has 40 heavy (non-hydrogen) atoms. The molecule has 4 heteroatoms. The third kappa shape index (κ3) is 22.8. The zero-order chi connectivity index (χ0) is 29.7. The molecule has 1 atom stereocenters. The number of carbonyl (C=O) groups is 2. The second-order valence-electron chi connectivity index (χ2n) is 12.7. The van der Waals surface area contributed by atoms with Gasteiger partial charge in [-0.1, -0.05) is 175 Å².